The fourth-order valence-corrected chi connectivity index (χ4v) is 2.11. The fourth-order valence-electron chi connectivity index (χ4n) is 2.11. The quantitative estimate of drug-likeness (QED) is 0.792. The lowest BCUT2D eigenvalue weighted by molar-refractivity contribution is -0.140. The van der Waals surface area contributed by atoms with E-state index in [1.54, 1.807) is 17.3 Å². The van der Waals surface area contributed by atoms with E-state index in [0.717, 1.165) is 18.4 Å². The molecule has 1 rings (SSSR count). The van der Waals surface area contributed by atoms with Gasteiger partial charge in [0.2, 0.25) is 5.91 Å². The van der Waals surface area contributed by atoms with Crippen LogP contribution in [0.4, 0.5) is 0 Å². The number of carboxylic acids is 1. The molecule has 110 valence electrons. The van der Waals surface area contributed by atoms with Crippen LogP contribution in [-0.4, -0.2) is 33.4 Å². The van der Waals surface area contributed by atoms with Gasteiger partial charge >= 0.3 is 5.97 Å². The first kappa shape index (κ1) is 16.1. The molecule has 0 unspecified atom stereocenters. The van der Waals surface area contributed by atoms with Gasteiger partial charge in [-0.15, -0.1) is 0 Å². The van der Waals surface area contributed by atoms with Crippen LogP contribution in [0.25, 0.3) is 0 Å². The van der Waals surface area contributed by atoms with Crippen LogP contribution in [0.3, 0.4) is 0 Å². The second kappa shape index (κ2) is 8.30. The highest BCUT2D eigenvalue weighted by atomic mass is 16.4. The SMILES string of the molecule is CCC(CC)C(=O)N(CCC(=O)O)Cc1cccnc1. The number of rotatable bonds is 8. The smallest absolute Gasteiger partial charge is 0.305 e. The first-order chi connectivity index (χ1) is 9.58. The van der Waals surface area contributed by atoms with Crippen LogP contribution in [0.15, 0.2) is 24.5 Å². The zero-order valence-electron chi connectivity index (χ0n) is 12.1. The number of carboxylic acid groups (broad SMARTS) is 1. The van der Waals surface area contributed by atoms with Gasteiger partial charge in [-0.25, -0.2) is 0 Å². The number of hydrogen-bond donors (Lipinski definition) is 1. The Morgan fingerprint density at radius 3 is 2.55 bits per heavy atom. The van der Waals surface area contributed by atoms with Gasteiger partial charge in [0, 0.05) is 31.4 Å². The van der Waals surface area contributed by atoms with Crippen molar-refractivity contribution in [3.05, 3.63) is 30.1 Å². The number of nitrogens with zero attached hydrogens (tertiary/aromatic N) is 2. The maximum Gasteiger partial charge on any atom is 0.305 e. The molecule has 1 aromatic rings. The van der Waals surface area contributed by atoms with E-state index in [1.807, 2.05) is 26.0 Å². The molecule has 0 fully saturated rings. The Morgan fingerprint density at radius 2 is 2.05 bits per heavy atom. The molecule has 0 atom stereocenters. The van der Waals surface area contributed by atoms with Gasteiger partial charge in [0.1, 0.15) is 0 Å². The van der Waals surface area contributed by atoms with E-state index in [1.165, 1.54) is 0 Å². The van der Waals surface area contributed by atoms with E-state index in [2.05, 4.69) is 4.98 Å². The zero-order chi connectivity index (χ0) is 15.0. The van der Waals surface area contributed by atoms with Crippen LogP contribution in [-0.2, 0) is 16.1 Å². The third-order valence-electron chi connectivity index (χ3n) is 3.34. The predicted octanol–water partition coefficient (Wildman–Crippen LogP) is 2.32. The Hall–Kier alpha value is -1.91. The van der Waals surface area contributed by atoms with Crippen molar-refractivity contribution in [2.45, 2.75) is 39.7 Å². The van der Waals surface area contributed by atoms with Crippen molar-refractivity contribution in [2.24, 2.45) is 5.92 Å². The van der Waals surface area contributed by atoms with Gasteiger partial charge in [-0.2, -0.15) is 0 Å². The summed E-state index contributed by atoms with van der Waals surface area (Å²) in [6.45, 7) is 4.60. The van der Waals surface area contributed by atoms with Crippen molar-refractivity contribution in [3.8, 4) is 0 Å². The average Bonchev–Trinajstić information content (AvgIpc) is 2.45. The lowest BCUT2D eigenvalue weighted by Gasteiger charge is -2.26. The van der Waals surface area contributed by atoms with Crippen molar-refractivity contribution >= 4 is 11.9 Å². The average molecular weight is 278 g/mol. The molecular weight excluding hydrogens is 256 g/mol. The summed E-state index contributed by atoms with van der Waals surface area (Å²) >= 11 is 0. The molecule has 1 heterocycles. The second-order valence-electron chi connectivity index (χ2n) is 4.78. The van der Waals surface area contributed by atoms with E-state index in [9.17, 15) is 9.59 Å². The topological polar surface area (TPSA) is 70.5 Å². The van der Waals surface area contributed by atoms with Crippen molar-refractivity contribution < 1.29 is 14.7 Å². The first-order valence-corrected chi connectivity index (χ1v) is 6.97. The van der Waals surface area contributed by atoms with E-state index in [0.29, 0.717) is 6.54 Å². The maximum atomic E-state index is 12.4. The van der Waals surface area contributed by atoms with Gasteiger partial charge < -0.3 is 10.0 Å². The lowest BCUT2D eigenvalue weighted by atomic mass is 10.0. The summed E-state index contributed by atoms with van der Waals surface area (Å²) < 4.78 is 0. The van der Waals surface area contributed by atoms with Crippen LogP contribution in [0.5, 0.6) is 0 Å². The highest BCUT2D eigenvalue weighted by molar-refractivity contribution is 5.79. The lowest BCUT2D eigenvalue weighted by Crippen LogP contribution is -2.37. The number of pyridine rings is 1. The Labute approximate surface area is 119 Å². The van der Waals surface area contributed by atoms with Crippen LogP contribution in [0, 0.1) is 5.92 Å². The molecule has 0 aromatic carbocycles. The largest absolute Gasteiger partial charge is 0.481 e. The summed E-state index contributed by atoms with van der Waals surface area (Å²) in [5.41, 5.74) is 0.914. The molecule has 5 nitrogen and oxygen atoms in total. The van der Waals surface area contributed by atoms with E-state index >= 15 is 0 Å². The number of carbonyl (C=O) groups excluding carboxylic acids is 1. The van der Waals surface area contributed by atoms with Crippen molar-refractivity contribution in [2.75, 3.05) is 6.54 Å². The molecule has 0 saturated carbocycles. The van der Waals surface area contributed by atoms with Gasteiger partial charge in [0.05, 0.1) is 6.42 Å². The molecule has 0 aliphatic rings. The van der Waals surface area contributed by atoms with Crippen molar-refractivity contribution in [1.82, 2.24) is 9.88 Å². The van der Waals surface area contributed by atoms with Gasteiger partial charge in [-0.3, -0.25) is 14.6 Å². The Bertz CT molecular complexity index is 430. The number of aromatic nitrogens is 1. The van der Waals surface area contributed by atoms with E-state index in [-0.39, 0.29) is 24.8 Å². The summed E-state index contributed by atoms with van der Waals surface area (Å²) in [4.78, 5) is 28.8. The van der Waals surface area contributed by atoms with Crippen LogP contribution in [0.1, 0.15) is 38.7 Å². The molecule has 1 N–H and O–H groups in total. The zero-order valence-corrected chi connectivity index (χ0v) is 12.1. The molecule has 1 aromatic heterocycles. The van der Waals surface area contributed by atoms with Crippen LogP contribution in [0.2, 0.25) is 0 Å². The van der Waals surface area contributed by atoms with E-state index in [4.69, 9.17) is 5.11 Å². The first-order valence-electron chi connectivity index (χ1n) is 6.97. The molecule has 0 radical (unpaired) electrons. The monoisotopic (exact) mass is 278 g/mol. The minimum Gasteiger partial charge on any atom is -0.481 e. The standard InChI is InChI=1S/C15H22N2O3/c1-3-13(4-2)15(20)17(9-7-14(18)19)11-12-6-5-8-16-10-12/h5-6,8,10,13H,3-4,7,9,11H2,1-2H3,(H,18,19). The van der Waals surface area contributed by atoms with Crippen LogP contribution < -0.4 is 0 Å². The van der Waals surface area contributed by atoms with Crippen molar-refractivity contribution in [1.29, 1.82) is 0 Å². The van der Waals surface area contributed by atoms with Crippen LogP contribution >= 0.6 is 0 Å². The molecule has 20 heavy (non-hydrogen) atoms. The number of amides is 1. The molecule has 0 saturated heterocycles. The molecule has 1 amide bonds. The van der Waals surface area contributed by atoms with Gasteiger partial charge in [-0.1, -0.05) is 19.9 Å². The van der Waals surface area contributed by atoms with Gasteiger partial charge in [0.15, 0.2) is 0 Å². The highest BCUT2D eigenvalue weighted by Gasteiger charge is 2.22. The summed E-state index contributed by atoms with van der Waals surface area (Å²) in [5.74, 6) is -0.904. The third kappa shape index (κ3) is 4.99. The van der Waals surface area contributed by atoms with Gasteiger partial charge in [-0.05, 0) is 24.5 Å². The minimum atomic E-state index is -0.890. The third-order valence-corrected chi connectivity index (χ3v) is 3.34. The summed E-state index contributed by atoms with van der Waals surface area (Å²) in [6, 6.07) is 3.70. The molecule has 0 bridgehead atoms. The summed E-state index contributed by atoms with van der Waals surface area (Å²) in [7, 11) is 0. The minimum absolute atomic E-state index is 0.0279. The Balaban J connectivity index is 2.78. The number of aliphatic carboxylic acids is 1. The molecule has 0 spiro atoms. The molecule has 5 heteroatoms. The van der Waals surface area contributed by atoms with Crippen molar-refractivity contribution in [3.63, 3.8) is 0 Å². The summed E-state index contributed by atoms with van der Waals surface area (Å²) in [6.07, 6.45) is 4.88. The predicted molar refractivity (Wildman–Crippen MR) is 76.0 cm³/mol. The second-order valence-corrected chi connectivity index (χ2v) is 4.78. The normalized spacial score (nSPS) is 10.6. The Kier molecular flexibility index (Phi) is 6.70. The fraction of sp³-hybridized carbons (Fsp3) is 0.533. The number of hydrogen-bond acceptors (Lipinski definition) is 3. The molecule has 0 aliphatic heterocycles. The Morgan fingerprint density at radius 1 is 1.35 bits per heavy atom. The molecular formula is C15H22N2O3. The maximum absolute atomic E-state index is 12.4. The van der Waals surface area contributed by atoms with Gasteiger partial charge in [0.25, 0.3) is 0 Å². The highest BCUT2D eigenvalue weighted by Crippen LogP contribution is 2.15. The molecule has 0 aliphatic carbocycles. The number of carbonyl (C=O) groups is 2. The van der Waals surface area contributed by atoms with E-state index < -0.39 is 5.97 Å². The summed E-state index contributed by atoms with van der Waals surface area (Å²) in [5, 5.41) is 8.81.